The molecule has 0 saturated heterocycles. The van der Waals surface area contributed by atoms with Crippen LogP contribution in [0.1, 0.15) is 56.9 Å². The van der Waals surface area contributed by atoms with Crippen molar-refractivity contribution in [2.75, 3.05) is 42.6 Å². The van der Waals surface area contributed by atoms with Crippen LogP contribution in [0.4, 0.5) is 17.1 Å². The van der Waals surface area contributed by atoms with E-state index >= 15 is 0 Å². The number of nitrogens with zero attached hydrogens (tertiary/aromatic N) is 3. The van der Waals surface area contributed by atoms with Crippen LogP contribution in [-0.4, -0.2) is 38.5 Å². The Kier molecular flexibility index (Phi) is 11.5. The predicted octanol–water partition coefficient (Wildman–Crippen LogP) is 9.85. The molecule has 4 aromatic carbocycles. The molecular weight excluding hydrogens is 562 g/mol. The van der Waals surface area contributed by atoms with Crippen LogP contribution in [0, 0.1) is 0 Å². The lowest BCUT2D eigenvalue weighted by atomic mass is 9.83. The Morgan fingerprint density at radius 2 is 1.09 bits per heavy atom. The van der Waals surface area contributed by atoms with Crippen LogP contribution in [-0.2, 0) is 0 Å². The van der Waals surface area contributed by atoms with Crippen molar-refractivity contribution in [3.05, 3.63) is 131 Å². The number of ether oxygens (including phenoxy) is 1. The highest BCUT2D eigenvalue weighted by molar-refractivity contribution is 6.19. The summed E-state index contributed by atoms with van der Waals surface area (Å²) < 4.78 is 5.62. The van der Waals surface area contributed by atoms with Crippen LogP contribution < -0.4 is 14.5 Å². The third-order valence-electron chi connectivity index (χ3n) is 8.14. The van der Waals surface area contributed by atoms with Crippen molar-refractivity contribution in [2.45, 2.75) is 34.6 Å². The lowest BCUT2D eigenvalue weighted by molar-refractivity contribution is 0.340. The number of anilines is 2. The first-order valence-electron chi connectivity index (χ1n) is 15.6. The second kappa shape index (κ2) is 15.4. The van der Waals surface area contributed by atoms with Gasteiger partial charge in [0.2, 0.25) is 0 Å². The fourth-order valence-electron chi connectivity index (χ4n) is 5.85. The summed E-state index contributed by atoms with van der Waals surface area (Å²) in [4.78, 5) is 9.81. The number of halogens is 1. The van der Waals surface area contributed by atoms with Crippen molar-refractivity contribution >= 4 is 46.3 Å². The minimum absolute atomic E-state index is 0. The van der Waals surface area contributed by atoms with E-state index in [4.69, 9.17) is 9.73 Å². The smallest absolute Gasteiger partial charge is 0.119 e. The Bertz CT molecular complexity index is 1540. The molecule has 0 atom stereocenters. The quantitative estimate of drug-likeness (QED) is 0.170. The summed E-state index contributed by atoms with van der Waals surface area (Å²) in [7, 11) is 0. The molecule has 0 radical (unpaired) electrons. The average Bonchev–Trinajstić information content (AvgIpc) is 3.05. The maximum atomic E-state index is 5.62. The highest BCUT2D eigenvalue weighted by Crippen LogP contribution is 2.38. The van der Waals surface area contributed by atoms with Gasteiger partial charge in [-0.1, -0.05) is 54.6 Å². The fourth-order valence-corrected chi connectivity index (χ4v) is 5.85. The van der Waals surface area contributed by atoms with Crippen LogP contribution in [0.2, 0.25) is 0 Å². The summed E-state index contributed by atoms with van der Waals surface area (Å²) in [5.74, 6) is 0.861. The molecule has 228 valence electrons. The molecule has 5 rings (SSSR count). The van der Waals surface area contributed by atoms with Gasteiger partial charge in [-0.15, -0.1) is 12.4 Å². The molecule has 0 aliphatic heterocycles. The standard InChI is InChI=1S/C39H43N3O.ClH/c1-6-41(7-2)32-21-15-29(16-22-32)39(30-17-23-33(24-18-30)42(8-3)9-4)37-27-28-38(36-14-12-11-13-35(36)37)40-31-19-25-34(26-20-31)43-10-5;/h11-28H,6-10H2,1-5H3;1H. The molecule has 0 aromatic heterocycles. The minimum atomic E-state index is 0. The van der Waals surface area contributed by atoms with Gasteiger partial charge in [-0.3, -0.25) is 0 Å². The van der Waals surface area contributed by atoms with E-state index in [0.29, 0.717) is 6.61 Å². The molecule has 4 aromatic rings. The third kappa shape index (κ3) is 7.09. The van der Waals surface area contributed by atoms with E-state index in [1.807, 2.05) is 31.2 Å². The first-order chi connectivity index (χ1) is 21.1. The second-order valence-corrected chi connectivity index (χ2v) is 10.5. The van der Waals surface area contributed by atoms with Crippen LogP contribution in [0.25, 0.3) is 11.1 Å². The number of benzene rings is 4. The van der Waals surface area contributed by atoms with Crippen LogP contribution in [0.3, 0.4) is 0 Å². The van der Waals surface area contributed by atoms with Crippen LogP contribution >= 0.6 is 12.4 Å². The SMILES string of the molecule is CCOc1ccc(N=C2C=CC(=C(c3ccc(N(CC)CC)cc3)c3ccc(N(CC)CC)cc3)c3ccccc32)cc1.Cl. The molecule has 0 amide bonds. The van der Waals surface area contributed by atoms with Crippen molar-refractivity contribution in [3.8, 4) is 5.75 Å². The van der Waals surface area contributed by atoms with Gasteiger partial charge in [-0.2, -0.15) is 0 Å². The number of hydrogen-bond acceptors (Lipinski definition) is 4. The Balaban J connectivity index is 0.00000442. The van der Waals surface area contributed by atoms with E-state index < -0.39 is 0 Å². The second-order valence-electron chi connectivity index (χ2n) is 10.5. The summed E-state index contributed by atoms with van der Waals surface area (Å²) >= 11 is 0. The van der Waals surface area contributed by atoms with Crippen LogP contribution in [0.5, 0.6) is 5.75 Å². The molecule has 0 fully saturated rings. The van der Waals surface area contributed by atoms with Gasteiger partial charge in [-0.05, 0) is 117 Å². The minimum Gasteiger partial charge on any atom is -0.494 e. The van der Waals surface area contributed by atoms with Crippen molar-refractivity contribution in [1.82, 2.24) is 0 Å². The van der Waals surface area contributed by atoms with Gasteiger partial charge < -0.3 is 14.5 Å². The van der Waals surface area contributed by atoms with Gasteiger partial charge in [0.25, 0.3) is 0 Å². The molecule has 0 heterocycles. The number of hydrogen-bond donors (Lipinski definition) is 0. The molecule has 5 heteroatoms. The molecule has 4 nitrogen and oxygen atoms in total. The first kappa shape index (κ1) is 32.6. The van der Waals surface area contributed by atoms with E-state index in [0.717, 1.165) is 48.9 Å². The lowest BCUT2D eigenvalue weighted by Gasteiger charge is -2.24. The molecule has 44 heavy (non-hydrogen) atoms. The van der Waals surface area contributed by atoms with Crippen molar-refractivity contribution < 1.29 is 4.74 Å². The van der Waals surface area contributed by atoms with E-state index in [1.165, 1.54) is 39.2 Å². The van der Waals surface area contributed by atoms with E-state index in [9.17, 15) is 0 Å². The van der Waals surface area contributed by atoms with Gasteiger partial charge in [-0.25, -0.2) is 4.99 Å². The summed E-state index contributed by atoms with van der Waals surface area (Å²) in [6, 6.07) is 34.7. The predicted molar refractivity (Wildman–Crippen MR) is 193 cm³/mol. The third-order valence-corrected chi connectivity index (χ3v) is 8.14. The molecule has 0 saturated carbocycles. The summed E-state index contributed by atoms with van der Waals surface area (Å²) in [6.45, 7) is 15.4. The van der Waals surface area contributed by atoms with Crippen molar-refractivity contribution in [1.29, 1.82) is 0 Å². The van der Waals surface area contributed by atoms with Gasteiger partial charge in [0.1, 0.15) is 5.75 Å². The van der Waals surface area contributed by atoms with Gasteiger partial charge in [0, 0.05) is 43.1 Å². The molecule has 0 bridgehead atoms. The summed E-state index contributed by atoms with van der Waals surface area (Å²) in [6.07, 6.45) is 4.39. The highest BCUT2D eigenvalue weighted by Gasteiger charge is 2.20. The number of allylic oxidation sites excluding steroid dienone is 3. The Morgan fingerprint density at radius 1 is 0.591 bits per heavy atom. The molecule has 0 N–H and O–H groups in total. The van der Waals surface area contributed by atoms with Crippen molar-refractivity contribution in [2.24, 2.45) is 4.99 Å². The van der Waals surface area contributed by atoms with Crippen molar-refractivity contribution in [3.63, 3.8) is 0 Å². The van der Waals surface area contributed by atoms with Crippen LogP contribution in [0.15, 0.2) is 114 Å². The highest BCUT2D eigenvalue weighted by atomic mass is 35.5. The Morgan fingerprint density at radius 3 is 1.57 bits per heavy atom. The molecule has 1 aliphatic rings. The topological polar surface area (TPSA) is 28.1 Å². The van der Waals surface area contributed by atoms with Gasteiger partial charge in [0.15, 0.2) is 0 Å². The normalized spacial score (nSPS) is 12.8. The van der Waals surface area contributed by atoms with Gasteiger partial charge >= 0.3 is 0 Å². The summed E-state index contributed by atoms with van der Waals surface area (Å²) in [5.41, 5.74) is 11.5. The zero-order valence-electron chi connectivity index (χ0n) is 26.6. The van der Waals surface area contributed by atoms with Gasteiger partial charge in [0.05, 0.1) is 18.0 Å². The molecular formula is C39H44ClN3O. The molecule has 0 unspecified atom stereocenters. The summed E-state index contributed by atoms with van der Waals surface area (Å²) in [5, 5.41) is 0. The number of rotatable bonds is 11. The Hall–Kier alpha value is -4.28. The van der Waals surface area contributed by atoms with E-state index in [1.54, 1.807) is 0 Å². The van der Waals surface area contributed by atoms with E-state index in [-0.39, 0.29) is 12.4 Å². The largest absolute Gasteiger partial charge is 0.494 e. The fraction of sp³-hybridized carbons (Fsp3) is 0.256. The number of aliphatic imine (C=N–C) groups is 1. The average molecular weight is 606 g/mol. The monoisotopic (exact) mass is 605 g/mol. The Labute approximate surface area is 269 Å². The first-order valence-corrected chi connectivity index (χ1v) is 15.6. The number of fused-ring (bicyclic) bond motifs is 1. The molecule has 0 spiro atoms. The zero-order chi connectivity index (χ0) is 30.2. The zero-order valence-corrected chi connectivity index (χ0v) is 27.4. The maximum absolute atomic E-state index is 5.62. The maximum Gasteiger partial charge on any atom is 0.119 e. The lowest BCUT2D eigenvalue weighted by Crippen LogP contribution is -2.21. The van der Waals surface area contributed by atoms with E-state index in [2.05, 4.69) is 122 Å². The molecule has 1 aliphatic carbocycles.